The Balaban J connectivity index is 2.88. The number of halogens is 1. The largest absolute Gasteiger partial charge is 0.353 e. The highest BCUT2D eigenvalue weighted by atomic mass is 35.5. The average molecular weight is 301 g/mol. The summed E-state index contributed by atoms with van der Waals surface area (Å²) in [5.41, 5.74) is -0.653. The first-order valence-corrected chi connectivity index (χ1v) is 6.36. The van der Waals surface area contributed by atoms with Gasteiger partial charge >= 0.3 is 5.69 Å². The fourth-order valence-corrected chi connectivity index (χ4v) is 1.58. The number of carbonyl (C=O) groups excluding carboxylic acids is 1. The third-order valence-corrected chi connectivity index (χ3v) is 2.48. The van der Waals surface area contributed by atoms with E-state index in [-0.39, 0.29) is 28.0 Å². The van der Waals surface area contributed by atoms with Crippen LogP contribution in [-0.4, -0.2) is 27.4 Å². The smallest absolute Gasteiger partial charge is 0.312 e. The molecule has 20 heavy (non-hydrogen) atoms. The van der Waals surface area contributed by atoms with Crippen LogP contribution in [-0.2, 0) is 4.79 Å². The zero-order valence-electron chi connectivity index (χ0n) is 11.7. The Labute approximate surface area is 121 Å². The number of hydrogen-bond acceptors (Lipinski definition) is 5. The fourth-order valence-electron chi connectivity index (χ4n) is 1.43. The number of rotatable bonds is 4. The predicted molar refractivity (Wildman–Crippen MR) is 76.9 cm³/mol. The van der Waals surface area contributed by atoms with E-state index in [4.69, 9.17) is 11.6 Å². The maximum Gasteiger partial charge on any atom is 0.312 e. The quantitative estimate of drug-likeness (QED) is 0.657. The molecule has 0 saturated carbocycles. The molecule has 0 aliphatic rings. The second-order valence-electron chi connectivity index (χ2n) is 5.38. The van der Waals surface area contributed by atoms with Gasteiger partial charge in [0.25, 0.3) is 0 Å². The third-order valence-electron chi connectivity index (χ3n) is 2.28. The van der Waals surface area contributed by atoms with Crippen molar-refractivity contribution in [3.63, 3.8) is 0 Å². The zero-order valence-corrected chi connectivity index (χ0v) is 12.5. The molecule has 1 unspecified atom stereocenters. The minimum Gasteiger partial charge on any atom is -0.353 e. The Hall–Kier alpha value is -1.89. The number of carbonyl (C=O) groups is 1. The maximum atomic E-state index is 11.9. The van der Waals surface area contributed by atoms with Crippen molar-refractivity contribution in [2.45, 2.75) is 39.3 Å². The van der Waals surface area contributed by atoms with Crippen molar-refractivity contribution in [3.8, 4) is 0 Å². The first kappa shape index (κ1) is 16.2. The van der Waals surface area contributed by atoms with E-state index in [1.54, 1.807) is 6.92 Å². The lowest BCUT2D eigenvalue weighted by Crippen LogP contribution is -2.47. The van der Waals surface area contributed by atoms with Crippen LogP contribution in [0, 0.1) is 10.1 Å². The first-order valence-electron chi connectivity index (χ1n) is 5.98. The average Bonchev–Trinajstić information content (AvgIpc) is 2.28. The summed E-state index contributed by atoms with van der Waals surface area (Å²) in [4.78, 5) is 26.1. The molecule has 1 atom stereocenters. The van der Waals surface area contributed by atoms with E-state index in [0.717, 1.165) is 0 Å². The van der Waals surface area contributed by atoms with E-state index in [0.29, 0.717) is 0 Å². The number of aromatic nitrogens is 1. The minimum atomic E-state index is -0.665. The van der Waals surface area contributed by atoms with Gasteiger partial charge in [-0.05, 0) is 27.7 Å². The highest BCUT2D eigenvalue weighted by molar-refractivity contribution is 6.30. The maximum absolute atomic E-state index is 11.9. The van der Waals surface area contributed by atoms with E-state index in [1.165, 1.54) is 12.3 Å². The molecule has 2 N–H and O–H groups in total. The Morgan fingerprint density at radius 3 is 2.60 bits per heavy atom. The molecule has 110 valence electrons. The standard InChI is InChI=1S/C12H17ClN4O3/c1-7(11(18)16-12(2,3)4)15-10-9(17(19)20)5-8(13)6-14-10/h5-7H,1-4H3,(H,14,15)(H,16,18). The number of anilines is 1. The van der Waals surface area contributed by atoms with Gasteiger partial charge in [0.2, 0.25) is 11.7 Å². The van der Waals surface area contributed by atoms with E-state index in [9.17, 15) is 14.9 Å². The van der Waals surface area contributed by atoms with Crippen molar-refractivity contribution in [1.29, 1.82) is 0 Å². The van der Waals surface area contributed by atoms with Gasteiger partial charge in [-0.2, -0.15) is 0 Å². The lowest BCUT2D eigenvalue weighted by Gasteiger charge is -2.23. The summed E-state index contributed by atoms with van der Waals surface area (Å²) in [6.45, 7) is 7.14. The summed E-state index contributed by atoms with van der Waals surface area (Å²) in [6.07, 6.45) is 1.28. The number of nitrogens with one attached hydrogen (secondary N) is 2. The second-order valence-corrected chi connectivity index (χ2v) is 5.82. The summed E-state index contributed by atoms with van der Waals surface area (Å²) in [5, 5.41) is 16.6. The molecule has 7 nitrogen and oxygen atoms in total. The normalized spacial score (nSPS) is 12.7. The molecule has 1 aromatic rings. The van der Waals surface area contributed by atoms with E-state index in [1.807, 2.05) is 20.8 Å². The molecule has 1 aromatic heterocycles. The van der Waals surface area contributed by atoms with Crippen molar-refractivity contribution in [1.82, 2.24) is 10.3 Å². The number of nitro groups is 1. The van der Waals surface area contributed by atoms with Crippen molar-refractivity contribution in [2.75, 3.05) is 5.32 Å². The van der Waals surface area contributed by atoms with Crippen LogP contribution >= 0.6 is 11.6 Å². The number of pyridine rings is 1. The lowest BCUT2D eigenvalue weighted by atomic mass is 10.1. The SMILES string of the molecule is CC(Nc1ncc(Cl)cc1[N+](=O)[O-])C(=O)NC(C)(C)C. The van der Waals surface area contributed by atoms with Crippen LogP contribution in [0.2, 0.25) is 5.02 Å². The third kappa shape index (κ3) is 4.65. The zero-order chi connectivity index (χ0) is 15.5. The molecule has 0 spiro atoms. The minimum absolute atomic E-state index is 0.0101. The van der Waals surface area contributed by atoms with Crippen molar-refractivity contribution < 1.29 is 9.72 Å². The second kappa shape index (κ2) is 6.04. The van der Waals surface area contributed by atoms with Crippen LogP contribution in [0.3, 0.4) is 0 Å². The molecular formula is C12H17ClN4O3. The molecular weight excluding hydrogens is 284 g/mol. The van der Waals surface area contributed by atoms with Gasteiger partial charge in [-0.15, -0.1) is 0 Å². The van der Waals surface area contributed by atoms with Gasteiger partial charge < -0.3 is 10.6 Å². The summed E-state index contributed by atoms with van der Waals surface area (Å²) in [7, 11) is 0. The van der Waals surface area contributed by atoms with E-state index in [2.05, 4.69) is 15.6 Å². The topological polar surface area (TPSA) is 97.2 Å². The summed E-state index contributed by atoms with van der Waals surface area (Å²) < 4.78 is 0. The molecule has 1 heterocycles. The highest BCUT2D eigenvalue weighted by Gasteiger charge is 2.23. The Morgan fingerprint density at radius 1 is 1.50 bits per heavy atom. The number of nitrogens with zero attached hydrogens (tertiary/aromatic N) is 2. The van der Waals surface area contributed by atoms with Gasteiger partial charge in [-0.3, -0.25) is 14.9 Å². The van der Waals surface area contributed by atoms with Gasteiger partial charge in [0.15, 0.2) is 0 Å². The van der Waals surface area contributed by atoms with Gasteiger partial charge in [-0.25, -0.2) is 4.98 Å². The van der Waals surface area contributed by atoms with E-state index < -0.39 is 11.0 Å². The van der Waals surface area contributed by atoms with Crippen LogP contribution in [0.5, 0.6) is 0 Å². The fraction of sp³-hybridized carbons (Fsp3) is 0.500. The molecule has 0 radical (unpaired) electrons. The molecule has 0 saturated heterocycles. The summed E-state index contributed by atoms with van der Waals surface area (Å²) >= 11 is 5.67. The van der Waals surface area contributed by atoms with Crippen molar-refractivity contribution >= 4 is 29.0 Å². The molecule has 0 aromatic carbocycles. The Kier molecular flexibility index (Phi) is 4.88. The van der Waals surface area contributed by atoms with Crippen molar-refractivity contribution in [2.24, 2.45) is 0 Å². The molecule has 8 heteroatoms. The molecule has 0 bridgehead atoms. The van der Waals surface area contributed by atoms with Crippen LogP contribution in [0.25, 0.3) is 0 Å². The summed E-state index contributed by atoms with van der Waals surface area (Å²) in [6, 6.07) is 0.521. The van der Waals surface area contributed by atoms with Gasteiger partial charge in [0.1, 0.15) is 6.04 Å². The van der Waals surface area contributed by atoms with Crippen LogP contribution < -0.4 is 10.6 Å². The molecule has 0 fully saturated rings. The Morgan fingerprint density at radius 2 is 2.10 bits per heavy atom. The van der Waals surface area contributed by atoms with Gasteiger partial charge in [-0.1, -0.05) is 11.6 Å². The number of amides is 1. The monoisotopic (exact) mass is 300 g/mol. The van der Waals surface area contributed by atoms with Gasteiger partial charge in [0.05, 0.1) is 9.95 Å². The molecule has 0 aliphatic carbocycles. The Bertz CT molecular complexity index is 528. The van der Waals surface area contributed by atoms with Crippen molar-refractivity contribution in [3.05, 3.63) is 27.4 Å². The molecule has 1 rings (SSSR count). The number of hydrogen-bond donors (Lipinski definition) is 2. The van der Waals surface area contributed by atoms with Crippen LogP contribution in [0.15, 0.2) is 12.3 Å². The molecule has 0 aliphatic heterocycles. The lowest BCUT2D eigenvalue weighted by molar-refractivity contribution is -0.384. The predicted octanol–water partition coefficient (Wildman–Crippen LogP) is 2.36. The van der Waals surface area contributed by atoms with Crippen LogP contribution in [0.4, 0.5) is 11.5 Å². The summed E-state index contributed by atoms with van der Waals surface area (Å²) in [5.74, 6) is -0.264. The van der Waals surface area contributed by atoms with Gasteiger partial charge in [0, 0.05) is 17.8 Å². The van der Waals surface area contributed by atoms with E-state index >= 15 is 0 Å². The highest BCUT2D eigenvalue weighted by Crippen LogP contribution is 2.25. The van der Waals surface area contributed by atoms with Crippen LogP contribution in [0.1, 0.15) is 27.7 Å². The molecule has 1 amide bonds. The first-order chi connectivity index (χ1) is 9.10.